The Hall–Kier alpha value is -1.65. The van der Waals surface area contributed by atoms with E-state index in [2.05, 4.69) is 5.32 Å². The molecule has 104 valence electrons. The van der Waals surface area contributed by atoms with Crippen LogP contribution in [-0.2, 0) is 0 Å². The molecule has 0 fully saturated rings. The lowest BCUT2D eigenvalue weighted by Gasteiger charge is -2.10. The van der Waals surface area contributed by atoms with Gasteiger partial charge in [-0.25, -0.2) is 8.78 Å². The fraction of sp³-hybridized carbons (Fsp3) is 0.0714. The topological polar surface area (TPSA) is 29.1 Å². The van der Waals surface area contributed by atoms with Crippen molar-refractivity contribution in [2.24, 2.45) is 0 Å². The van der Waals surface area contributed by atoms with Crippen LogP contribution in [0.4, 0.5) is 14.5 Å². The second kappa shape index (κ2) is 5.77. The molecular formula is C14H9Cl2F2NO. The van der Waals surface area contributed by atoms with Crippen molar-refractivity contribution in [3.05, 3.63) is 63.1 Å². The zero-order valence-electron chi connectivity index (χ0n) is 10.3. The smallest absolute Gasteiger partial charge is 0.258 e. The average molecular weight is 316 g/mol. The Bertz CT molecular complexity index is 666. The second-order valence-electron chi connectivity index (χ2n) is 4.18. The lowest BCUT2D eigenvalue weighted by molar-refractivity contribution is 0.102. The van der Waals surface area contributed by atoms with Gasteiger partial charge in [0.05, 0.1) is 21.3 Å². The Kier molecular flexibility index (Phi) is 4.26. The first-order valence-corrected chi connectivity index (χ1v) is 6.36. The molecule has 0 aliphatic rings. The van der Waals surface area contributed by atoms with E-state index in [1.54, 1.807) is 13.0 Å². The van der Waals surface area contributed by atoms with E-state index in [1.807, 2.05) is 0 Å². The molecule has 2 aromatic rings. The molecule has 2 aromatic carbocycles. The number of aryl methyl sites for hydroxylation is 1. The first kappa shape index (κ1) is 14.8. The highest BCUT2D eigenvalue weighted by molar-refractivity contribution is 6.40. The minimum Gasteiger partial charge on any atom is -0.319 e. The molecule has 6 heteroatoms. The second-order valence-corrected chi connectivity index (χ2v) is 5.00. The minimum atomic E-state index is -0.707. The number of nitrogens with one attached hydrogen (secondary N) is 1. The highest BCUT2D eigenvalue weighted by Gasteiger charge is 2.16. The number of amides is 1. The van der Waals surface area contributed by atoms with Crippen molar-refractivity contribution in [1.82, 2.24) is 0 Å². The van der Waals surface area contributed by atoms with Crippen LogP contribution in [0.1, 0.15) is 15.9 Å². The maximum Gasteiger partial charge on any atom is 0.258 e. The molecular weight excluding hydrogens is 307 g/mol. The van der Waals surface area contributed by atoms with E-state index >= 15 is 0 Å². The number of carbonyl (C=O) groups excluding carboxylic acids is 1. The maximum absolute atomic E-state index is 13.6. The van der Waals surface area contributed by atoms with Crippen molar-refractivity contribution in [2.45, 2.75) is 6.92 Å². The summed E-state index contributed by atoms with van der Waals surface area (Å²) >= 11 is 11.6. The molecule has 1 N–H and O–H groups in total. The summed E-state index contributed by atoms with van der Waals surface area (Å²) in [5.74, 6) is -2.00. The predicted octanol–water partition coefficient (Wildman–Crippen LogP) is 4.83. The summed E-state index contributed by atoms with van der Waals surface area (Å²) in [5, 5.41) is 2.26. The average Bonchev–Trinajstić information content (AvgIpc) is 2.36. The molecule has 0 aromatic heterocycles. The quantitative estimate of drug-likeness (QED) is 0.844. The molecule has 0 saturated carbocycles. The number of carbonyl (C=O) groups is 1. The van der Waals surface area contributed by atoms with Crippen LogP contribution < -0.4 is 5.32 Å². The van der Waals surface area contributed by atoms with E-state index in [1.165, 1.54) is 12.1 Å². The van der Waals surface area contributed by atoms with Crippen LogP contribution in [-0.4, -0.2) is 5.91 Å². The molecule has 0 unspecified atom stereocenters. The van der Waals surface area contributed by atoms with E-state index in [4.69, 9.17) is 23.2 Å². The van der Waals surface area contributed by atoms with Gasteiger partial charge in [-0.2, -0.15) is 0 Å². The van der Waals surface area contributed by atoms with Gasteiger partial charge in [0.15, 0.2) is 0 Å². The lowest BCUT2D eigenvalue weighted by Crippen LogP contribution is -2.14. The van der Waals surface area contributed by atoms with Gasteiger partial charge in [0, 0.05) is 0 Å². The first-order valence-electron chi connectivity index (χ1n) is 5.60. The fourth-order valence-corrected chi connectivity index (χ4v) is 2.21. The highest BCUT2D eigenvalue weighted by atomic mass is 35.5. The van der Waals surface area contributed by atoms with Gasteiger partial charge in [-0.3, -0.25) is 4.79 Å². The summed E-state index contributed by atoms with van der Waals surface area (Å²) in [6.07, 6.45) is 0. The number of halogens is 4. The van der Waals surface area contributed by atoms with Gasteiger partial charge < -0.3 is 5.32 Å². The Labute approximate surface area is 124 Å². The van der Waals surface area contributed by atoms with Crippen LogP contribution in [0.15, 0.2) is 30.3 Å². The van der Waals surface area contributed by atoms with Gasteiger partial charge in [0.25, 0.3) is 5.91 Å². The van der Waals surface area contributed by atoms with Gasteiger partial charge in [0.1, 0.15) is 11.6 Å². The monoisotopic (exact) mass is 315 g/mol. The lowest BCUT2D eigenvalue weighted by atomic mass is 10.1. The summed E-state index contributed by atoms with van der Waals surface area (Å²) < 4.78 is 26.6. The van der Waals surface area contributed by atoms with Crippen LogP contribution in [0.5, 0.6) is 0 Å². The van der Waals surface area contributed by atoms with Gasteiger partial charge in [-0.05, 0) is 31.2 Å². The zero-order valence-corrected chi connectivity index (χ0v) is 11.8. The standard InChI is InChI=1S/C14H9Cl2F2NO/c1-7-2-3-12(18)9(4-7)14(20)19-13-10(15)5-8(17)6-11(13)16/h2-6H,1H3,(H,19,20). The fourth-order valence-electron chi connectivity index (χ4n) is 1.66. The van der Waals surface area contributed by atoms with E-state index in [0.29, 0.717) is 0 Å². The summed E-state index contributed by atoms with van der Waals surface area (Å²) in [4.78, 5) is 12.0. The Balaban J connectivity index is 2.35. The molecule has 2 nitrogen and oxygen atoms in total. The van der Waals surface area contributed by atoms with E-state index < -0.39 is 17.5 Å². The molecule has 0 aliphatic carbocycles. The van der Waals surface area contributed by atoms with Crippen molar-refractivity contribution < 1.29 is 13.6 Å². The third-order valence-electron chi connectivity index (χ3n) is 2.61. The van der Waals surface area contributed by atoms with Crippen LogP contribution >= 0.6 is 23.2 Å². The third-order valence-corrected chi connectivity index (χ3v) is 3.21. The van der Waals surface area contributed by atoms with E-state index in [9.17, 15) is 13.6 Å². The number of anilines is 1. The van der Waals surface area contributed by atoms with Gasteiger partial charge in [-0.1, -0.05) is 34.8 Å². The number of rotatable bonds is 2. The third kappa shape index (κ3) is 3.08. The largest absolute Gasteiger partial charge is 0.319 e. The van der Waals surface area contributed by atoms with Crippen LogP contribution in [0.2, 0.25) is 10.0 Å². The van der Waals surface area contributed by atoms with Crippen molar-refractivity contribution in [3.8, 4) is 0 Å². The zero-order chi connectivity index (χ0) is 14.9. The molecule has 0 aliphatic heterocycles. The molecule has 1 amide bonds. The van der Waals surface area contributed by atoms with Crippen molar-refractivity contribution in [3.63, 3.8) is 0 Å². The van der Waals surface area contributed by atoms with Gasteiger partial charge >= 0.3 is 0 Å². The first-order chi connectivity index (χ1) is 9.38. The van der Waals surface area contributed by atoms with Gasteiger partial charge in [0.2, 0.25) is 0 Å². The number of benzene rings is 2. The molecule has 2 rings (SSSR count). The molecule has 0 atom stereocenters. The summed E-state index contributed by atoms with van der Waals surface area (Å²) in [6, 6.07) is 6.16. The highest BCUT2D eigenvalue weighted by Crippen LogP contribution is 2.31. The molecule has 20 heavy (non-hydrogen) atoms. The summed E-state index contributed by atoms with van der Waals surface area (Å²) in [6.45, 7) is 1.73. The predicted molar refractivity (Wildman–Crippen MR) is 75.5 cm³/mol. The van der Waals surface area contributed by atoms with E-state index in [0.717, 1.165) is 17.7 Å². The minimum absolute atomic E-state index is 0.0423. The summed E-state index contributed by atoms with van der Waals surface area (Å²) in [7, 11) is 0. The van der Waals surface area contributed by atoms with Crippen molar-refractivity contribution in [1.29, 1.82) is 0 Å². The molecule has 0 heterocycles. The normalized spacial score (nSPS) is 10.4. The van der Waals surface area contributed by atoms with Crippen molar-refractivity contribution >= 4 is 34.8 Å². The van der Waals surface area contributed by atoms with Crippen LogP contribution in [0.25, 0.3) is 0 Å². The Morgan fingerprint density at radius 2 is 1.70 bits per heavy atom. The molecule has 0 radical (unpaired) electrons. The molecule has 0 spiro atoms. The Morgan fingerprint density at radius 1 is 1.10 bits per heavy atom. The van der Waals surface area contributed by atoms with Crippen molar-refractivity contribution in [2.75, 3.05) is 5.32 Å². The number of hydrogen-bond donors (Lipinski definition) is 1. The molecule has 0 saturated heterocycles. The summed E-state index contributed by atoms with van der Waals surface area (Å²) in [5.41, 5.74) is 0.634. The SMILES string of the molecule is Cc1ccc(F)c(C(=O)Nc2c(Cl)cc(F)cc2Cl)c1. The van der Waals surface area contributed by atoms with Crippen LogP contribution in [0, 0.1) is 18.6 Å². The molecule has 0 bridgehead atoms. The Morgan fingerprint density at radius 3 is 2.30 bits per heavy atom. The maximum atomic E-state index is 13.6. The van der Waals surface area contributed by atoms with Gasteiger partial charge in [-0.15, -0.1) is 0 Å². The number of hydrogen-bond acceptors (Lipinski definition) is 1. The van der Waals surface area contributed by atoms with Crippen LogP contribution in [0.3, 0.4) is 0 Å². The van der Waals surface area contributed by atoms with E-state index in [-0.39, 0.29) is 21.3 Å².